The molecule has 10 aromatic carbocycles. The zero-order chi connectivity index (χ0) is 38.9. The third-order valence-corrected chi connectivity index (χ3v) is 11.7. The first-order valence-corrected chi connectivity index (χ1v) is 19.9. The lowest BCUT2D eigenvalue weighted by atomic mass is 9.92. The molecule has 0 saturated heterocycles. The quantitative estimate of drug-likeness (QED) is 0.164. The lowest BCUT2D eigenvalue weighted by Gasteiger charge is -2.13. The minimum atomic E-state index is 0.595. The van der Waals surface area contributed by atoms with Crippen LogP contribution in [0.4, 0.5) is 0 Å². The van der Waals surface area contributed by atoms with E-state index in [0.717, 1.165) is 71.7 Å². The minimum absolute atomic E-state index is 0.595. The molecule has 2 heterocycles. The normalized spacial score (nSPS) is 11.7. The smallest absolute Gasteiger partial charge is 0.165 e. The van der Waals surface area contributed by atoms with Crippen molar-refractivity contribution in [1.82, 2.24) is 15.0 Å². The Morgan fingerprint density at radius 1 is 0.271 bits per heavy atom. The summed E-state index contributed by atoms with van der Waals surface area (Å²) in [6.45, 7) is 0. The fourth-order valence-electron chi connectivity index (χ4n) is 8.86. The van der Waals surface area contributed by atoms with Crippen molar-refractivity contribution in [3.05, 3.63) is 200 Å². The van der Waals surface area contributed by atoms with Crippen LogP contribution < -0.4 is 0 Å². The van der Waals surface area contributed by atoms with Gasteiger partial charge in [0.2, 0.25) is 0 Å². The van der Waals surface area contributed by atoms with Crippen molar-refractivity contribution in [2.24, 2.45) is 0 Å². The third kappa shape index (κ3) is 5.49. The number of fused-ring (bicyclic) bond motifs is 10. The van der Waals surface area contributed by atoms with Crippen LogP contribution in [-0.2, 0) is 0 Å². The molecule has 0 aliphatic heterocycles. The van der Waals surface area contributed by atoms with Gasteiger partial charge in [0.25, 0.3) is 0 Å². The molecule has 4 heteroatoms. The van der Waals surface area contributed by atoms with Crippen molar-refractivity contribution in [2.75, 3.05) is 0 Å². The zero-order valence-electron chi connectivity index (χ0n) is 31.8. The summed E-state index contributed by atoms with van der Waals surface area (Å²) in [5.74, 6) is 1.80. The van der Waals surface area contributed by atoms with Crippen LogP contribution in [0.1, 0.15) is 0 Å². The van der Waals surface area contributed by atoms with Gasteiger partial charge in [-0.2, -0.15) is 0 Å². The number of hydrogen-bond donors (Lipinski definition) is 0. The van der Waals surface area contributed by atoms with E-state index in [4.69, 9.17) is 19.4 Å². The van der Waals surface area contributed by atoms with Gasteiger partial charge < -0.3 is 4.42 Å². The summed E-state index contributed by atoms with van der Waals surface area (Å²) < 4.78 is 6.86. The second-order valence-corrected chi connectivity index (χ2v) is 15.1. The Kier molecular flexibility index (Phi) is 7.50. The maximum absolute atomic E-state index is 6.86. The molecule has 59 heavy (non-hydrogen) atoms. The molecular weight excluding hydrogens is 719 g/mol. The lowest BCUT2D eigenvalue weighted by molar-refractivity contribution is 0.670. The highest BCUT2D eigenvalue weighted by Gasteiger charge is 2.22. The van der Waals surface area contributed by atoms with E-state index in [1.807, 2.05) is 12.1 Å². The highest BCUT2D eigenvalue weighted by atomic mass is 16.3. The molecule has 0 aliphatic carbocycles. The number of rotatable bonds is 5. The van der Waals surface area contributed by atoms with E-state index < -0.39 is 0 Å². The average molecular weight is 752 g/mol. The number of benzene rings is 10. The van der Waals surface area contributed by atoms with Crippen LogP contribution in [0.15, 0.2) is 205 Å². The van der Waals surface area contributed by atoms with Crippen molar-refractivity contribution in [3.63, 3.8) is 0 Å². The van der Waals surface area contributed by atoms with Gasteiger partial charge in [-0.3, -0.25) is 0 Å². The Morgan fingerprint density at radius 2 is 0.678 bits per heavy atom. The van der Waals surface area contributed by atoms with Crippen LogP contribution in [0.5, 0.6) is 0 Å². The lowest BCUT2D eigenvalue weighted by Crippen LogP contribution is -2.01. The van der Waals surface area contributed by atoms with Gasteiger partial charge in [0.05, 0.1) is 0 Å². The van der Waals surface area contributed by atoms with Crippen LogP contribution in [-0.4, -0.2) is 15.0 Å². The molecule has 0 N–H and O–H groups in total. The molecule has 4 nitrogen and oxygen atoms in total. The van der Waals surface area contributed by atoms with Gasteiger partial charge in [0.15, 0.2) is 17.5 Å². The minimum Gasteiger partial charge on any atom is -0.456 e. The molecule has 0 amide bonds. The zero-order valence-corrected chi connectivity index (χ0v) is 31.8. The molecule has 0 unspecified atom stereocenters. The van der Waals surface area contributed by atoms with E-state index in [9.17, 15) is 0 Å². The summed E-state index contributed by atoms with van der Waals surface area (Å²) in [7, 11) is 0. The van der Waals surface area contributed by atoms with Gasteiger partial charge in [0.1, 0.15) is 11.2 Å². The Hall–Kier alpha value is -7.95. The summed E-state index contributed by atoms with van der Waals surface area (Å²) in [4.78, 5) is 15.9. The molecule has 0 fully saturated rings. The van der Waals surface area contributed by atoms with Gasteiger partial charge in [-0.25, -0.2) is 15.0 Å². The van der Waals surface area contributed by atoms with Gasteiger partial charge in [-0.1, -0.05) is 182 Å². The molecule has 0 bridgehead atoms. The molecule has 12 aromatic rings. The van der Waals surface area contributed by atoms with Crippen molar-refractivity contribution >= 4 is 65.0 Å². The van der Waals surface area contributed by atoms with E-state index in [2.05, 4.69) is 188 Å². The number of nitrogens with zero attached hydrogens (tertiary/aromatic N) is 3. The number of furan rings is 1. The summed E-state index contributed by atoms with van der Waals surface area (Å²) in [6.07, 6.45) is 0. The SMILES string of the molecule is c1ccc(-c2ccc(-c3nc(-c4ccc(-c5ccccc5)cc4)nc(-c4c5ccccc5cc5oc6cc7c8ccccc8c8ccccc8c7cc6c45)n3)cc2)cc1. The topological polar surface area (TPSA) is 51.8 Å². The van der Waals surface area contributed by atoms with E-state index in [1.54, 1.807) is 0 Å². The van der Waals surface area contributed by atoms with Crippen molar-refractivity contribution in [3.8, 4) is 56.4 Å². The molecule has 2 aromatic heterocycles. The molecular formula is C55H33N3O. The van der Waals surface area contributed by atoms with Gasteiger partial charge in [-0.05, 0) is 83.5 Å². The van der Waals surface area contributed by atoms with Crippen molar-refractivity contribution < 1.29 is 4.42 Å². The summed E-state index contributed by atoms with van der Waals surface area (Å²) in [5, 5.41) is 11.3. The molecule has 0 aliphatic rings. The average Bonchev–Trinajstić information content (AvgIpc) is 3.67. The maximum Gasteiger partial charge on any atom is 0.165 e. The number of hydrogen-bond acceptors (Lipinski definition) is 4. The summed E-state index contributed by atoms with van der Waals surface area (Å²) in [6, 6.07) is 70.3. The van der Waals surface area contributed by atoms with Crippen LogP contribution in [0.2, 0.25) is 0 Å². The molecule has 0 saturated carbocycles. The molecule has 12 rings (SSSR count). The second-order valence-electron chi connectivity index (χ2n) is 15.1. The molecule has 0 atom stereocenters. The number of aromatic nitrogens is 3. The van der Waals surface area contributed by atoms with Crippen LogP contribution in [0, 0.1) is 0 Å². The fourth-order valence-corrected chi connectivity index (χ4v) is 8.86. The maximum atomic E-state index is 6.86. The van der Waals surface area contributed by atoms with Gasteiger partial charge in [-0.15, -0.1) is 0 Å². The highest BCUT2D eigenvalue weighted by molar-refractivity contribution is 6.29. The third-order valence-electron chi connectivity index (χ3n) is 11.7. The van der Waals surface area contributed by atoms with Crippen LogP contribution in [0.3, 0.4) is 0 Å². The van der Waals surface area contributed by atoms with E-state index >= 15 is 0 Å². The predicted octanol–water partition coefficient (Wildman–Crippen LogP) is 14.7. The first kappa shape index (κ1) is 33.2. The van der Waals surface area contributed by atoms with E-state index in [1.165, 1.54) is 32.3 Å². The fraction of sp³-hybridized carbons (Fsp3) is 0. The van der Waals surface area contributed by atoms with Crippen molar-refractivity contribution in [1.29, 1.82) is 0 Å². The Morgan fingerprint density at radius 3 is 1.22 bits per heavy atom. The molecule has 274 valence electrons. The predicted molar refractivity (Wildman–Crippen MR) is 244 cm³/mol. The Labute approximate surface area is 339 Å². The van der Waals surface area contributed by atoms with E-state index in [-0.39, 0.29) is 0 Å². The molecule has 0 spiro atoms. The van der Waals surface area contributed by atoms with Crippen molar-refractivity contribution in [2.45, 2.75) is 0 Å². The summed E-state index contributed by atoms with van der Waals surface area (Å²) >= 11 is 0. The monoisotopic (exact) mass is 751 g/mol. The van der Waals surface area contributed by atoms with Crippen LogP contribution in [0.25, 0.3) is 121 Å². The van der Waals surface area contributed by atoms with E-state index in [0.29, 0.717) is 17.5 Å². The summed E-state index contributed by atoms with van der Waals surface area (Å²) in [5.41, 5.74) is 8.95. The second kappa shape index (κ2) is 13.3. The first-order valence-electron chi connectivity index (χ1n) is 19.9. The Bertz CT molecular complexity index is 3470. The largest absolute Gasteiger partial charge is 0.456 e. The van der Waals surface area contributed by atoms with Gasteiger partial charge >= 0.3 is 0 Å². The van der Waals surface area contributed by atoms with Crippen LogP contribution >= 0.6 is 0 Å². The Balaban J connectivity index is 1.13. The standard InChI is InChI=1S/C55H33N3O/c1-3-13-34(14-4-1)36-23-27-38(28-24-36)53-56-54(39-29-25-37(26-30-39)35-15-5-2-6-16-35)58-55(57-53)52-41-18-8-7-17-40(41)31-50-51(52)48-32-46-44-21-11-9-19-42(44)43-20-10-12-22-45(43)47(46)33-49(48)59-50/h1-33H. The first-order chi connectivity index (χ1) is 29.2. The van der Waals surface area contributed by atoms with Gasteiger partial charge in [0, 0.05) is 27.5 Å². The highest BCUT2D eigenvalue weighted by Crippen LogP contribution is 2.45. The molecule has 0 radical (unpaired) electrons.